The first-order chi connectivity index (χ1) is 5.66. The highest BCUT2D eigenvalue weighted by Crippen LogP contribution is 2.33. The topological polar surface area (TPSA) is 46.2 Å². The normalized spacial score (nSPS) is 13.3. The molecule has 68 valence electrons. The van der Waals surface area contributed by atoms with E-state index in [4.69, 9.17) is 17.3 Å². The van der Waals surface area contributed by atoms with Crippen LogP contribution in [0.25, 0.3) is 0 Å². The molecule has 2 nitrogen and oxygen atoms in total. The summed E-state index contributed by atoms with van der Waals surface area (Å²) >= 11 is 7.44. The van der Waals surface area contributed by atoms with E-state index in [1.807, 2.05) is 12.3 Å². The number of aryl methyl sites for hydroxylation is 1. The smallest absolute Gasteiger partial charge is 0.0909 e. The fourth-order valence-corrected chi connectivity index (χ4v) is 2.30. The summed E-state index contributed by atoms with van der Waals surface area (Å²) in [6, 6.07) is 0. The van der Waals surface area contributed by atoms with Gasteiger partial charge in [0.2, 0.25) is 0 Å². The van der Waals surface area contributed by atoms with Crippen LogP contribution in [0.2, 0.25) is 5.02 Å². The summed E-state index contributed by atoms with van der Waals surface area (Å²) in [4.78, 5) is 0.833. The molecule has 0 amide bonds. The van der Waals surface area contributed by atoms with Crippen molar-refractivity contribution in [2.24, 2.45) is 5.73 Å². The van der Waals surface area contributed by atoms with Crippen LogP contribution >= 0.6 is 22.9 Å². The van der Waals surface area contributed by atoms with Crippen LogP contribution in [-0.2, 0) is 0 Å². The zero-order chi connectivity index (χ0) is 9.14. The Bertz CT molecular complexity index is 262. The Morgan fingerprint density at radius 1 is 1.75 bits per heavy atom. The lowest BCUT2D eigenvalue weighted by Crippen LogP contribution is -2.05. The van der Waals surface area contributed by atoms with E-state index in [-0.39, 0.29) is 0 Å². The fourth-order valence-electron chi connectivity index (χ4n) is 0.963. The van der Waals surface area contributed by atoms with Gasteiger partial charge in [0.05, 0.1) is 16.0 Å². The molecule has 0 aliphatic carbocycles. The van der Waals surface area contributed by atoms with Crippen LogP contribution in [0.5, 0.6) is 0 Å². The van der Waals surface area contributed by atoms with E-state index in [1.54, 1.807) is 0 Å². The molecule has 0 saturated heterocycles. The number of hydrogen-bond acceptors (Lipinski definition) is 3. The van der Waals surface area contributed by atoms with Gasteiger partial charge in [-0.15, -0.1) is 11.3 Å². The van der Waals surface area contributed by atoms with Crippen LogP contribution in [-0.4, -0.2) is 11.7 Å². The van der Waals surface area contributed by atoms with Crippen molar-refractivity contribution in [2.45, 2.75) is 19.4 Å². The lowest BCUT2D eigenvalue weighted by atomic mass is 10.2. The zero-order valence-corrected chi connectivity index (χ0v) is 8.45. The van der Waals surface area contributed by atoms with Crippen LogP contribution in [0.3, 0.4) is 0 Å². The van der Waals surface area contributed by atoms with Crippen LogP contribution in [0, 0.1) is 6.92 Å². The molecule has 0 fully saturated rings. The Morgan fingerprint density at radius 3 is 2.83 bits per heavy atom. The third kappa shape index (κ3) is 1.98. The second-order valence-corrected chi connectivity index (χ2v) is 3.98. The predicted octanol–water partition coefficient (Wildman–Crippen LogP) is 2.09. The Labute approximate surface area is 81.0 Å². The molecular weight excluding hydrogens is 194 g/mol. The van der Waals surface area contributed by atoms with Crippen molar-refractivity contribution < 1.29 is 5.11 Å². The summed E-state index contributed by atoms with van der Waals surface area (Å²) in [6.07, 6.45) is 0.0702. The SMILES string of the molecule is Cc1csc(C(O)CCN)c1Cl. The van der Waals surface area contributed by atoms with Gasteiger partial charge in [0.1, 0.15) is 0 Å². The molecule has 1 unspecified atom stereocenters. The molecule has 0 radical (unpaired) electrons. The van der Waals surface area contributed by atoms with E-state index < -0.39 is 6.10 Å². The van der Waals surface area contributed by atoms with Crippen molar-refractivity contribution in [1.29, 1.82) is 0 Å². The first-order valence-electron chi connectivity index (χ1n) is 3.78. The number of nitrogens with two attached hydrogens (primary N) is 1. The Balaban J connectivity index is 2.80. The molecule has 1 atom stereocenters. The highest BCUT2D eigenvalue weighted by Gasteiger charge is 2.13. The average Bonchev–Trinajstić information content (AvgIpc) is 2.34. The third-order valence-corrected chi connectivity index (χ3v) is 3.48. The lowest BCUT2D eigenvalue weighted by molar-refractivity contribution is 0.174. The molecule has 4 heteroatoms. The number of halogens is 1. The maximum absolute atomic E-state index is 9.56. The monoisotopic (exact) mass is 205 g/mol. The van der Waals surface area contributed by atoms with E-state index in [0.717, 1.165) is 10.4 Å². The summed E-state index contributed by atoms with van der Waals surface area (Å²) in [5.74, 6) is 0. The van der Waals surface area contributed by atoms with Crippen molar-refractivity contribution in [3.8, 4) is 0 Å². The second kappa shape index (κ2) is 4.23. The molecule has 0 spiro atoms. The molecule has 1 aromatic heterocycles. The lowest BCUT2D eigenvalue weighted by Gasteiger charge is -2.06. The predicted molar refractivity (Wildman–Crippen MR) is 52.7 cm³/mol. The van der Waals surface area contributed by atoms with Gasteiger partial charge >= 0.3 is 0 Å². The molecule has 1 heterocycles. The first-order valence-corrected chi connectivity index (χ1v) is 5.04. The van der Waals surface area contributed by atoms with Crippen LogP contribution in [0.1, 0.15) is 23.0 Å². The summed E-state index contributed by atoms with van der Waals surface area (Å²) in [7, 11) is 0. The van der Waals surface area contributed by atoms with Crippen LogP contribution < -0.4 is 5.73 Å². The van der Waals surface area contributed by atoms with Crippen molar-refractivity contribution in [1.82, 2.24) is 0 Å². The van der Waals surface area contributed by atoms with Crippen LogP contribution in [0.4, 0.5) is 0 Å². The highest BCUT2D eigenvalue weighted by molar-refractivity contribution is 7.10. The van der Waals surface area contributed by atoms with E-state index in [2.05, 4.69) is 0 Å². The summed E-state index contributed by atoms with van der Waals surface area (Å²) in [5.41, 5.74) is 6.35. The van der Waals surface area contributed by atoms with Gasteiger partial charge in [-0.2, -0.15) is 0 Å². The van der Waals surface area contributed by atoms with Gasteiger partial charge in [-0.3, -0.25) is 0 Å². The average molecular weight is 206 g/mol. The summed E-state index contributed by atoms with van der Waals surface area (Å²) in [6.45, 7) is 2.41. The number of aliphatic hydroxyl groups is 1. The Hall–Kier alpha value is -0.0900. The van der Waals surface area contributed by atoms with Gasteiger partial charge in [0.15, 0.2) is 0 Å². The van der Waals surface area contributed by atoms with Gasteiger partial charge in [-0.1, -0.05) is 11.6 Å². The number of aliphatic hydroxyl groups excluding tert-OH is 1. The van der Waals surface area contributed by atoms with E-state index in [9.17, 15) is 5.11 Å². The molecule has 1 aromatic rings. The van der Waals surface area contributed by atoms with E-state index >= 15 is 0 Å². The van der Waals surface area contributed by atoms with Crippen molar-refractivity contribution >= 4 is 22.9 Å². The summed E-state index contributed by atoms with van der Waals surface area (Å²) < 4.78 is 0. The Kier molecular flexibility index (Phi) is 3.53. The minimum absolute atomic E-state index is 0.481. The largest absolute Gasteiger partial charge is 0.387 e. The van der Waals surface area contributed by atoms with E-state index in [0.29, 0.717) is 18.0 Å². The molecule has 0 aromatic carbocycles. The number of rotatable bonds is 3. The van der Waals surface area contributed by atoms with Gasteiger partial charge in [-0.05, 0) is 30.8 Å². The van der Waals surface area contributed by atoms with Crippen molar-refractivity contribution in [2.75, 3.05) is 6.54 Å². The van der Waals surface area contributed by atoms with Gasteiger partial charge in [0, 0.05) is 0 Å². The van der Waals surface area contributed by atoms with E-state index in [1.165, 1.54) is 11.3 Å². The molecule has 12 heavy (non-hydrogen) atoms. The zero-order valence-electron chi connectivity index (χ0n) is 6.88. The molecule has 1 rings (SSSR count). The summed E-state index contributed by atoms with van der Waals surface area (Å²) in [5, 5.41) is 12.2. The molecule has 3 N–H and O–H groups in total. The minimum Gasteiger partial charge on any atom is -0.387 e. The van der Waals surface area contributed by atoms with Crippen LogP contribution in [0.15, 0.2) is 5.38 Å². The maximum Gasteiger partial charge on any atom is 0.0909 e. The molecular formula is C8H12ClNOS. The number of hydrogen-bond donors (Lipinski definition) is 2. The van der Waals surface area contributed by atoms with Crippen molar-refractivity contribution in [3.63, 3.8) is 0 Å². The third-order valence-electron chi connectivity index (χ3n) is 1.67. The number of thiophene rings is 1. The Morgan fingerprint density at radius 2 is 2.42 bits per heavy atom. The second-order valence-electron chi connectivity index (χ2n) is 2.69. The molecule has 0 saturated carbocycles. The van der Waals surface area contributed by atoms with Crippen molar-refractivity contribution in [3.05, 3.63) is 20.8 Å². The maximum atomic E-state index is 9.56. The standard InChI is InChI=1S/C8H12ClNOS/c1-5-4-12-8(7(5)9)6(11)2-3-10/h4,6,11H,2-3,10H2,1H3. The fraction of sp³-hybridized carbons (Fsp3) is 0.500. The van der Waals surface area contributed by atoms with Gasteiger partial charge in [0.25, 0.3) is 0 Å². The minimum atomic E-state index is -0.499. The van der Waals surface area contributed by atoms with Gasteiger partial charge in [-0.25, -0.2) is 0 Å². The first kappa shape index (κ1) is 9.99. The molecule has 0 aliphatic heterocycles. The van der Waals surface area contributed by atoms with Gasteiger partial charge < -0.3 is 10.8 Å². The highest BCUT2D eigenvalue weighted by atomic mass is 35.5. The molecule has 0 aliphatic rings. The molecule has 0 bridgehead atoms. The quantitative estimate of drug-likeness (QED) is 0.794.